The van der Waals surface area contributed by atoms with Gasteiger partial charge in [0.2, 0.25) is 0 Å². The molecule has 1 fully saturated rings. The molecule has 0 saturated carbocycles. The van der Waals surface area contributed by atoms with Crippen LogP contribution in [-0.2, 0) is 4.74 Å². The van der Waals surface area contributed by atoms with Gasteiger partial charge in [-0.3, -0.25) is 4.98 Å². The summed E-state index contributed by atoms with van der Waals surface area (Å²) in [7, 11) is 0. The number of nitrogens with zero attached hydrogens (tertiary/aromatic N) is 3. The highest BCUT2D eigenvalue weighted by Gasteiger charge is 2.14. The minimum absolute atomic E-state index is 0.360. The number of phenolic OH excluding ortho intramolecular Hbond substituents is 1. The topological polar surface area (TPSA) is 58.5 Å². The number of fused-ring (bicyclic) bond motifs is 1. The first-order valence-electron chi connectivity index (χ1n) is 8.52. The maximum absolute atomic E-state index is 9.99. The van der Waals surface area contributed by atoms with E-state index in [1.54, 1.807) is 0 Å². The lowest BCUT2D eigenvalue weighted by Crippen LogP contribution is -2.36. The Hall–Kier alpha value is -2.66. The van der Waals surface area contributed by atoms with Crippen LogP contribution in [0.15, 0.2) is 36.5 Å². The zero-order chi connectivity index (χ0) is 17.4. The van der Waals surface area contributed by atoms with Crippen molar-refractivity contribution in [3.8, 4) is 16.9 Å². The predicted octanol–water partition coefficient (Wildman–Crippen LogP) is 3.46. The number of aromatic hydroxyl groups is 1. The van der Waals surface area contributed by atoms with E-state index in [0.717, 1.165) is 65.4 Å². The van der Waals surface area contributed by atoms with E-state index in [-0.39, 0.29) is 0 Å². The van der Waals surface area contributed by atoms with Crippen LogP contribution in [0.4, 0.5) is 5.82 Å². The van der Waals surface area contributed by atoms with E-state index in [2.05, 4.69) is 22.0 Å². The molecule has 128 valence electrons. The Bertz CT molecular complexity index is 910. The molecule has 0 bridgehead atoms. The molecule has 2 heterocycles. The summed E-state index contributed by atoms with van der Waals surface area (Å²) in [6, 6.07) is 10.1. The summed E-state index contributed by atoms with van der Waals surface area (Å²) in [5, 5.41) is 9.99. The van der Waals surface area contributed by atoms with Crippen LogP contribution in [0.5, 0.6) is 5.75 Å². The summed E-state index contributed by atoms with van der Waals surface area (Å²) in [6.45, 7) is 6.98. The van der Waals surface area contributed by atoms with Crippen LogP contribution >= 0.6 is 0 Å². The Kier molecular flexibility index (Phi) is 4.01. The van der Waals surface area contributed by atoms with E-state index < -0.39 is 0 Å². The summed E-state index contributed by atoms with van der Waals surface area (Å²) in [5.74, 6) is 1.25. The van der Waals surface area contributed by atoms with Crippen molar-refractivity contribution in [3.05, 3.63) is 47.7 Å². The molecule has 5 heteroatoms. The minimum atomic E-state index is 0.360. The van der Waals surface area contributed by atoms with Crippen LogP contribution in [0.1, 0.15) is 11.1 Å². The number of rotatable bonds is 2. The fourth-order valence-corrected chi connectivity index (χ4v) is 3.25. The van der Waals surface area contributed by atoms with Crippen LogP contribution in [0, 0.1) is 13.8 Å². The molecule has 2 aromatic carbocycles. The van der Waals surface area contributed by atoms with Crippen LogP contribution in [0.3, 0.4) is 0 Å². The Labute approximate surface area is 146 Å². The molecule has 1 aliphatic heterocycles. The fourth-order valence-electron chi connectivity index (χ4n) is 3.25. The van der Waals surface area contributed by atoms with Crippen molar-refractivity contribution in [1.29, 1.82) is 0 Å². The lowest BCUT2D eigenvalue weighted by molar-refractivity contribution is 0.122. The third-order valence-corrected chi connectivity index (χ3v) is 4.69. The second kappa shape index (κ2) is 6.33. The largest absolute Gasteiger partial charge is 0.507 e. The summed E-state index contributed by atoms with van der Waals surface area (Å²) in [5.41, 5.74) is 5.67. The van der Waals surface area contributed by atoms with Crippen LogP contribution in [-0.4, -0.2) is 41.4 Å². The molecule has 0 amide bonds. The van der Waals surface area contributed by atoms with E-state index in [4.69, 9.17) is 9.72 Å². The first kappa shape index (κ1) is 15.8. The standard InChI is InChI=1S/C20H21N3O2/c1-13-9-16(10-14(2)20(13)24)15-3-4-17-18(11-15)22-19(12-21-17)23-5-7-25-8-6-23/h3-4,9-12,24H,5-8H2,1-2H3. The number of aromatic nitrogens is 2. The molecule has 0 radical (unpaired) electrons. The molecule has 5 nitrogen and oxygen atoms in total. The normalized spacial score (nSPS) is 14.9. The van der Waals surface area contributed by atoms with Crippen molar-refractivity contribution >= 4 is 16.9 Å². The van der Waals surface area contributed by atoms with Crippen molar-refractivity contribution in [3.63, 3.8) is 0 Å². The van der Waals surface area contributed by atoms with Crippen molar-refractivity contribution < 1.29 is 9.84 Å². The summed E-state index contributed by atoms with van der Waals surface area (Å²) in [6.07, 6.45) is 1.84. The lowest BCUT2D eigenvalue weighted by atomic mass is 9.99. The Morgan fingerprint density at radius 3 is 2.40 bits per heavy atom. The number of aryl methyl sites for hydroxylation is 2. The molecule has 1 N–H and O–H groups in total. The third-order valence-electron chi connectivity index (χ3n) is 4.69. The van der Waals surface area contributed by atoms with E-state index in [0.29, 0.717) is 5.75 Å². The van der Waals surface area contributed by atoms with Gasteiger partial charge in [0.15, 0.2) is 0 Å². The monoisotopic (exact) mass is 335 g/mol. The van der Waals surface area contributed by atoms with E-state index >= 15 is 0 Å². The third kappa shape index (κ3) is 3.03. The first-order valence-corrected chi connectivity index (χ1v) is 8.52. The van der Waals surface area contributed by atoms with Gasteiger partial charge in [0, 0.05) is 13.1 Å². The number of anilines is 1. The zero-order valence-electron chi connectivity index (χ0n) is 14.5. The number of phenols is 1. The maximum Gasteiger partial charge on any atom is 0.148 e. The van der Waals surface area contributed by atoms with E-state index in [9.17, 15) is 5.11 Å². The van der Waals surface area contributed by atoms with Gasteiger partial charge in [-0.05, 0) is 60.4 Å². The second-order valence-electron chi connectivity index (χ2n) is 6.49. The quantitative estimate of drug-likeness (QED) is 0.777. The smallest absolute Gasteiger partial charge is 0.148 e. The van der Waals surface area contributed by atoms with Gasteiger partial charge in [0.05, 0.1) is 30.4 Å². The van der Waals surface area contributed by atoms with Gasteiger partial charge in [-0.2, -0.15) is 0 Å². The zero-order valence-corrected chi connectivity index (χ0v) is 14.5. The maximum atomic E-state index is 9.99. The van der Waals surface area contributed by atoms with Gasteiger partial charge < -0.3 is 14.7 Å². The van der Waals surface area contributed by atoms with Gasteiger partial charge in [0.25, 0.3) is 0 Å². The fraction of sp³-hybridized carbons (Fsp3) is 0.300. The summed E-state index contributed by atoms with van der Waals surface area (Å²) in [4.78, 5) is 11.6. The molecule has 0 spiro atoms. The number of morpholine rings is 1. The van der Waals surface area contributed by atoms with Gasteiger partial charge >= 0.3 is 0 Å². The van der Waals surface area contributed by atoms with Crippen molar-refractivity contribution in [1.82, 2.24) is 9.97 Å². The lowest BCUT2D eigenvalue weighted by Gasteiger charge is -2.27. The molecule has 1 aromatic heterocycles. The average Bonchev–Trinajstić information content (AvgIpc) is 2.65. The molecule has 1 saturated heterocycles. The number of hydrogen-bond acceptors (Lipinski definition) is 5. The van der Waals surface area contributed by atoms with Crippen molar-refractivity contribution in [2.45, 2.75) is 13.8 Å². The second-order valence-corrected chi connectivity index (χ2v) is 6.49. The highest BCUT2D eigenvalue weighted by molar-refractivity contribution is 5.82. The van der Waals surface area contributed by atoms with Crippen LogP contribution < -0.4 is 4.90 Å². The molecule has 0 atom stereocenters. The van der Waals surface area contributed by atoms with Gasteiger partial charge in [-0.25, -0.2) is 4.98 Å². The minimum Gasteiger partial charge on any atom is -0.507 e. The number of hydrogen-bond donors (Lipinski definition) is 1. The van der Waals surface area contributed by atoms with Crippen LogP contribution in [0.2, 0.25) is 0 Å². The Morgan fingerprint density at radius 1 is 0.960 bits per heavy atom. The highest BCUT2D eigenvalue weighted by Crippen LogP contribution is 2.30. The number of ether oxygens (including phenoxy) is 1. The predicted molar refractivity (Wildman–Crippen MR) is 99.1 cm³/mol. The molecule has 0 unspecified atom stereocenters. The van der Waals surface area contributed by atoms with Crippen molar-refractivity contribution in [2.24, 2.45) is 0 Å². The summed E-state index contributed by atoms with van der Waals surface area (Å²) < 4.78 is 5.41. The average molecular weight is 335 g/mol. The Morgan fingerprint density at radius 2 is 1.68 bits per heavy atom. The molecule has 3 aromatic rings. The van der Waals surface area contributed by atoms with Gasteiger partial charge in [-0.15, -0.1) is 0 Å². The molecule has 4 rings (SSSR count). The SMILES string of the molecule is Cc1cc(-c2ccc3ncc(N4CCOCC4)nc3c2)cc(C)c1O. The molecule has 0 aliphatic carbocycles. The molecular formula is C20H21N3O2. The summed E-state index contributed by atoms with van der Waals surface area (Å²) >= 11 is 0. The molecule has 25 heavy (non-hydrogen) atoms. The Balaban J connectivity index is 1.76. The van der Waals surface area contributed by atoms with Crippen LogP contribution in [0.25, 0.3) is 22.2 Å². The van der Waals surface area contributed by atoms with Crippen molar-refractivity contribution in [2.75, 3.05) is 31.2 Å². The van der Waals surface area contributed by atoms with Gasteiger partial charge in [0.1, 0.15) is 11.6 Å². The van der Waals surface area contributed by atoms with E-state index in [1.807, 2.05) is 38.2 Å². The first-order chi connectivity index (χ1) is 12.1. The van der Waals surface area contributed by atoms with Gasteiger partial charge in [-0.1, -0.05) is 6.07 Å². The number of benzene rings is 2. The van der Waals surface area contributed by atoms with E-state index in [1.165, 1.54) is 0 Å². The molecular weight excluding hydrogens is 314 g/mol. The highest BCUT2D eigenvalue weighted by atomic mass is 16.5. The molecule has 1 aliphatic rings.